The third-order valence-corrected chi connectivity index (χ3v) is 4.01. The first kappa shape index (κ1) is 18.1. The average molecular weight is 363 g/mol. The molecule has 0 N–H and O–H groups in total. The summed E-state index contributed by atoms with van der Waals surface area (Å²) >= 11 is 0. The van der Waals surface area contributed by atoms with Gasteiger partial charge in [0.15, 0.2) is 11.9 Å². The molecule has 0 heterocycles. The minimum Gasteiger partial charge on any atom is -0.496 e. The van der Waals surface area contributed by atoms with Crippen molar-refractivity contribution in [3.63, 3.8) is 0 Å². The van der Waals surface area contributed by atoms with E-state index in [4.69, 9.17) is 9.47 Å². The van der Waals surface area contributed by atoms with E-state index in [0.717, 1.165) is 0 Å². The summed E-state index contributed by atoms with van der Waals surface area (Å²) in [4.78, 5) is 23.9. The van der Waals surface area contributed by atoms with Crippen LogP contribution in [0.4, 0.5) is 5.69 Å². The van der Waals surface area contributed by atoms with Crippen molar-refractivity contribution in [1.29, 1.82) is 0 Å². The molecule has 136 valence electrons. The molecule has 0 aliphatic carbocycles. The van der Waals surface area contributed by atoms with Gasteiger partial charge in [-0.05, 0) is 12.1 Å². The Morgan fingerprint density at radius 2 is 1.59 bits per heavy atom. The number of carbonyl (C=O) groups excluding carboxylic acids is 1. The number of hydrogen-bond donors (Lipinski definition) is 0. The van der Waals surface area contributed by atoms with Crippen LogP contribution in [0.5, 0.6) is 11.5 Å². The van der Waals surface area contributed by atoms with E-state index >= 15 is 0 Å². The van der Waals surface area contributed by atoms with Crippen molar-refractivity contribution in [1.82, 2.24) is 0 Å². The van der Waals surface area contributed by atoms with E-state index in [1.165, 1.54) is 19.2 Å². The average Bonchev–Trinajstić information content (AvgIpc) is 2.72. The van der Waals surface area contributed by atoms with E-state index < -0.39 is 11.0 Å². The van der Waals surface area contributed by atoms with Gasteiger partial charge in [0.25, 0.3) is 0 Å². The number of nitro groups is 1. The van der Waals surface area contributed by atoms with Gasteiger partial charge >= 0.3 is 5.69 Å². The van der Waals surface area contributed by atoms with Gasteiger partial charge in [-0.15, -0.1) is 0 Å². The van der Waals surface area contributed by atoms with Crippen molar-refractivity contribution >= 4 is 11.5 Å². The van der Waals surface area contributed by atoms with Gasteiger partial charge < -0.3 is 9.47 Å². The number of benzene rings is 3. The summed E-state index contributed by atoms with van der Waals surface area (Å²) < 4.78 is 10.9. The van der Waals surface area contributed by atoms with Crippen molar-refractivity contribution in [2.45, 2.75) is 6.10 Å². The molecule has 0 fully saturated rings. The zero-order valence-electron chi connectivity index (χ0n) is 14.6. The summed E-state index contributed by atoms with van der Waals surface area (Å²) in [5, 5.41) is 11.4. The molecule has 3 aromatic rings. The van der Waals surface area contributed by atoms with Gasteiger partial charge in [-0.25, -0.2) is 0 Å². The van der Waals surface area contributed by atoms with Gasteiger partial charge in [0, 0.05) is 11.1 Å². The van der Waals surface area contributed by atoms with Crippen LogP contribution in [-0.2, 0) is 0 Å². The maximum absolute atomic E-state index is 13.0. The largest absolute Gasteiger partial charge is 0.496 e. The monoisotopic (exact) mass is 363 g/mol. The van der Waals surface area contributed by atoms with Crippen molar-refractivity contribution in [3.8, 4) is 11.5 Å². The normalized spacial score (nSPS) is 11.4. The molecule has 3 aromatic carbocycles. The Balaban J connectivity index is 2.03. The number of carbonyl (C=O) groups is 1. The highest BCUT2D eigenvalue weighted by molar-refractivity contribution is 6.00. The third-order valence-electron chi connectivity index (χ3n) is 4.01. The smallest absolute Gasteiger partial charge is 0.314 e. The molecule has 6 nitrogen and oxygen atoms in total. The van der Waals surface area contributed by atoms with Gasteiger partial charge in [0.1, 0.15) is 5.75 Å². The summed E-state index contributed by atoms with van der Waals surface area (Å²) in [6.07, 6.45) is -1.01. The molecule has 0 radical (unpaired) electrons. The number of methoxy groups -OCH3 is 1. The molecule has 3 rings (SSSR count). The van der Waals surface area contributed by atoms with Crippen LogP contribution in [0.25, 0.3) is 0 Å². The molecule has 6 heteroatoms. The standard InChI is InChI=1S/C21H17NO5/c1-26-17-12-13-19(18(14-17)22(24)25)27-21(16-10-6-3-7-11-16)20(23)15-8-4-2-5-9-15/h2-14,21H,1H3/t21-/m0/s1. The number of hydrogen-bond acceptors (Lipinski definition) is 5. The number of ether oxygens (including phenoxy) is 2. The predicted molar refractivity (Wildman–Crippen MR) is 100 cm³/mol. The van der Waals surface area contributed by atoms with Gasteiger partial charge in [0.05, 0.1) is 18.1 Å². The molecular weight excluding hydrogens is 346 g/mol. The highest BCUT2D eigenvalue weighted by Gasteiger charge is 2.27. The minimum atomic E-state index is -1.01. The lowest BCUT2D eigenvalue weighted by Crippen LogP contribution is -2.19. The Hall–Kier alpha value is -3.67. The van der Waals surface area contributed by atoms with Crippen molar-refractivity contribution < 1.29 is 19.2 Å². The summed E-state index contributed by atoms with van der Waals surface area (Å²) in [6, 6.07) is 21.8. The summed E-state index contributed by atoms with van der Waals surface area (Å²) in [7, 11) is 1.42. The third kappa shape index (κ3) is 4.12. The highest BCUT2D eigenvalue weighted by Crippen LogP contribution is 2.35. The SMILES string of the molecule is COc1ccc(O[C@H](C(=O)c2ccccc2)c2ccccc2)c([N+](=O)[O-])c1. The first-order valence-electron chi connectivity index (χ1n) is 8.23. The van der Waals surface area contributed by atoms with Gasteiger partial charge in [-0.1, -0.05) is 60.7 Å². The van der Waals surface area contributed by atoms with E-state index in [0.29, 0.717) is 16.9 Å². The molecule has 0 saturated carbocycles. The second-order valence-corrected chi connectivity index (χ2v) is 5.73. The summed E-state index contributed by atoms with van der Waals surface area (Å²) in [5.41, 5.74) is 0.801. The van der Waals surface area contributed by atoms with E-state index in [-0.39, 0.29) is 17.2 Å². The van der Waals surface area contributed by atoms with Crippen molar-refractivity contribution in [3.05, 3.63) is 100 Å². The summed E-state index contributed by atoms with van der Waals surface area (Å²) in [5.74, 6) is 0.0468. The zero-order chi connectivity index (χ0) is 19.2. The molecule has 0 amide bonds. The van der Waals surface area contributed by atoms with Crippen molar-refractivity contribution in [2.24, 2.45) is 0 Å². The molecule has 0 aromatic heterocycles. The Bertz CT molecular complexity index is 941. The maximum Gasteiger partial charge on any atom is 0.314 e. The lowest BCUT2D eigenvalue weighted by molar-refractivity contribution is -0.386. The van der Waals surface area contributed by atoms with Crippen LogP contribution in [0.1, 0.15) is 22.0 Å². The van der Waals surface area contributed by atoms with Gasteiger partial charge in [0.2, 0.25) is 5.78 Å². The second-order valence-electron chi connectivity index (χ2n) is 5.73. The van der Waals surface area contributed by atoms with E-state index in [1.54, 1.807) is 54.6 Å². The van der Waals surface area contributed by atoms with Gasteiger partial charge in [-0.2, -0.15) is 0 Å². The molecule has 1 atom stereocenters. The first-order chi connectivity index (χ1) is 13.1. The fourth-order valence-electron chi connectivity index (χ4n) is 2.65. The fraction of sp³-hybridized carbons (Fsp3) is 0.0952. The Labute approximate surface area is 156 Å². The van der Waals surface area contributed by atoms with Crippen LogP contribution in [-0.4, -0.2) is 17.8 Å². The molecule has 0 unspecified atom stereocenters. The second kappa shape index (κ2) is 8.14. The van der Waals surface area contributed by atoms with Crippen LogP contribution in [0.3, 0.4) is 0 Å². The van der Waals surface area contributed by atoms with Crippen LogP contribution < -0.4 is 9.47 Å². The Kier molecular flexibility index (Phi) is 5.47. The molecule has 0 saturated heterocycles. The van der Waals surface area contributed by atoms with E-state index in [2.05, 4.69) is 0 Å². The Morgan fingerprint density at radius 3 is 2.19 bits per heavy atom. The molecule has 27 heavy (non-hydrogen) atoms. The number of nitro benzene ring substituents is 1. The number of Topliss-reactive ketones (excluding diaryl/α,β-unsaturated/α-hetero) is 1. The summed E-state index contributed by atoms with van der Waals surface area (Å²) in [6.45, 7) is 0. The van der Waals surface area contributed by atoms with Crippen LogP contribution in [0.15, 0.2) is 78.9 Å². The van der Waals surface area contributed by atoms with Crippen LogP contribution >= 0.6 is 0 Å². The molecule has 0 bridgehead atoms. The number of rotatable bonds is 7. The zero-order valence-corrected chi connectivity index (χ0v) is 14.6. The van der Waals surface area contributed by atoms with E-state index in [9.17, 15) is 14.9 Å². The molecule has 0 spiro atoms. The molecular formula is C21H17NO5. The van der Waals surface area contributed by atoms with Crippen LogP contribution in [0, 0.1) is 10.1 Å². The number of nitrogens with zero attached hydrogens (tertiary/aromatic N) is 1. The quantitative estimate of drug-likeness (QED) is 0.348. The lowest BCUT2D eigenvalue weighted by Gasteiger charge is -2.19. The minimum absolute atomic E-state index is 0.000987. The van der Waals surface area contributed by atoms with Crippen molar-refractivity contribution in [2.75, 3.05) is 7.11 Å². The lowest BCUT2D eigenvalue weighted by atomic mass is 10.00. The van der Waals surface area contributed by atoms with Crippen LogP contribution in [0.2, 0.25) is 0 Å². The molecule has 0 aliphatic rings. The highest BCUT2D eigenvalue weighted by atomic mass is 16.6. The van der Waals surface area contributed by atoms with Gasteiger partial charge in [-0.3, -0.25) is 14.9 Å². The first-order valence-corrected chi connectivity index (χ1v) is 8.23. The van der Waals surface area contributed by atoms with E-state index in [1.807, 2.05) is 12.1 Å². The fourth-order valence-corrected chi connectivity index (χ4v) is 2.65. The number of ketones is 1. The predicted octanol–water partition coefficient (Wildman–Crippen LogP) is 4.61. The topological polar surface area (TPSA) is 78.7 Å². The molecule has 0 aliphatic heterocycles. The Morgan fingerprint density at radius 1 is 0.963 bits per heavy atom. The maximum atomic E-state index is 13.0.